The highest BCUT2D eigenvalue weighted by molar-refractivity contribution is 7.82. The first-order chi connectivity index (χ1) is 7.88. The lowest BCUT2D eigenvalue weighted by molar-refractivity contribution is 0.0484. The Kier molecular flexibility index (Phi) is 2.48. The molecule has 0 saturated heterocycles. The molecule has 0 aliphatic heterocycles. The van der Waals surface area contributed by atoms with E-state index in [1.165, 1.54) is 12.8 Å². The van der Waals surface area contributed by atoms with Crippen LogP contribution in [0.2, 0.25) is 0 Å². The van der Waals surface area contributed by atoms with Crippen molar-refractivity contribution in [2.24, 2.45) is 23.2 Å². The van der Waals surface area contributed by atoms with Crippen LogP contribution in [0, 0.1) is 28.6 Å². The molecule has 2 nitrogen and oxygen atoms in total. The van der Waals surface area contributed by atoms with Gasteiger partial charge in [-0.25, -0.2) is 0 Å². The Bertz CT molecular complexity index is 335. The second-order valence-corrected chi connectivity index (χ2v) is 6.69. The lowest BCUT2D eigenvalue weighted by Gasteiger charge is -2.38. The molecule has 0 radical (unpaired) electrons. The summed E-state index contributed by atoms with van der Waals surface area (Å²) in [6, 6.07) is 0. The maximum absolute atomic E-state index is 12.7. The van der Waals surface area contributed by atoms with Crippen molar-refractivity contribution in [2.75, 3.05) is 6.61 Å². The molecule has 0 aromatic carbocycles. The lowest BCUT2D eigenvalue weighted by atomic mass is 9.70. The van der Waals surface area contributed by atoms with Crippen LogP contribution in [0.3, 0.4) is 0 Å². The van der Waals surface area contributed by atoms with Gasteiger partial charge in [-0.15, -0.1) is 0 Å². The topological polar surface area (TPSA) is 33.1 Å². The molecule has 0 heterocycles. The summed E-state index contributed by atoms with van der Waals surface area (Å²) in [4.78, 5) is 0. The van der Waals surface area contributed by atoms with E-state index in [4.69, 9.17) is 10.1 Å². The molecule has 2 atom stereocenters. The largest absolute Gasteiger partial charge is 0.476 e. The summed E-state index contributed by atoms with van der Waals surface area (Å²) in [6.07, 6.45) is 5.98. The minimum absolute atomic E-state index is 0.0851. The Morgan fingerprint density at radius 2 is 1.88 bits per heavy atom. The fourth-order valence-corrected chi connectivity index (χ4v) is 4.53. The van der Waals surface area contributed by atoms with Crippen LogP contribution >= 0.6 is 12.6 Å². The third kappa shape index (κ3) is 1.96. The van der Waals surface area contributed by atoms with Crippen LogP contribution in [0.1, 0.15) is 32.1 Å². The first-order valence-corrected chi connectivity index (χ1v) is 6.65. The van der Waals surface area contributed by atoms with Gasteiger partial charge in [0.25, 0.3) is 5.90 Å². The van der Waals surface area contributed by atoms with Crippen LogP contribution in [0.25, 0.3) is 0 Å². The number of nitrogens with one attached hydrogen (secondary N) is 1. The Morgan fingerprint density at radius 1 is 1.29 bits per heavy atom. The SMILES string of the molecule is N=C(OCC12CC3CC(C1)C(C3)C2)C(F)(F)S. The van der Waals surface area contributed by atoms with E-state index in [9.17, 15) is 8.78 Å². The van der Waals surface area contributed by atoms with E-state index in [1.54, 1.807) is 0 Å². The van der Waals surface area contributed by atoms with E-state index in [1.807, 2.05) is 0 Å². The number of thiol groups is 1. The molecule has 0 spiro atoms. The number of hydrogen-bond acceptors (Lipinski definition) is 3. The monoisotopic (exact) mass is 261 g/mol. The van der Waals surface area contributed by atoms with Gasteiger partial charge in [0, 0.05) is 5.41 Å². The van der Waals surface area contributed by atoms with Crippen molar-refractivity contribution >= 4 is 18.5 Å². The van der Waals surface area contributed by atoms with Crippen LogP contribution in [0.5, 0.6) is 0 Å². The Labute approximate surface area is 105 Å². The predicted molar refractivity (Wildman–Crippen MR) is 63.6 cm³/mol. The average molecular weight is 261 g/mol. The molecule has 4 rings (SSSR count). The number of hydrogen-bond donors (Lipinski definition) is 2. The Hall–Kier alpha value is -0.320. The molecule has 4 bridgehead atoms. The molecule has 17 heavy (non-hydrogen) atoms. The summed E-state index contributed by atoms with van der Waals surface area (Å²) in [5.41, 5.74) is 0.0851. The summed E-state index contributed by atoms with van der Waals surface area (Å²) in [5.74, 6) is 1.37. The van der Waals surface area contributed by atoms with E-state index >= 15 is 0 Å². The minimum atomic E-state index is -3.44. The zero-order chi connectivity index (χ0) is 12.3. The van der Waals surface area contributed by atoms with Crippen molar-refractivity contribution in [1.29, 1.82) is 5.41 Å². The van der Waals surface area contributed by atoms with Crippen molar-refractivity contribution in [3.05, 3.63) is 0 Å². The number of alkyl halides is 2. The van der Waals surface area contributed by atoms with E-state index in [2.05, 4.69) is 12.6 Å². The molecule has 2 unspecified atom stereocenters. The van der Waals surface area contributed by atoms with E-state index in [0.717, 1.165) is 37.0 Å². The molecule has 0 amide bonds. The van der Waals surface area contributed by atoms with E-state index < -0.39 is 11.2 Å². The summed E-state index contributed by atoms with van der Waals surface area (Å²) in [6.45, 7) is 0.283. The third-order valence-electron chi connectivity index (χ3n) is 4.85. The van der Waals surface area contributed by atoms with E-state index in [0.29, 0.717) is 0 Å². The normalized spacial score (nSPS) is 43.1. The van der Waals surface area contributed by atoms with Gasteiger partial charge in [0.1, 0.15) is 0 Å². The van der Waals surface area contributed by atoms with Crippen LogP contribution < -0.4 is 0 Å². The molecule has 4 aliphatic carbocycles. The fraction of sp³-hybridized carbons (Fsp3) is 0.917. The minimum Gasteiger partial charge on any atom is -0.476 e. The predicted octanol–water partition coefficient (Wildman–Crippen LogP) is 3.33. The molecule has 4 saturated carbocycles. The van der Waals surface area contributed by atoms with Gasteiger partial charge in [0.15, 0.2) is 0 Å². The van der Waals surface area contributed by atoms with Crippen LogP contribution in [-0.2, 0) is 4.74 Å². The van der Waals surface area contributed by atoms with Gasteiger partial charge < -0.3 is 4.74 Å². The standard InChI is InChI=1S/C12H17F2NOS/c13-12(14,17)10(15)16-6-11-3-7-1-8(4-11)9(2-7)5-11/h7-9,15,17H,1-6H2. The van der Waals surface area contributed by atoms with Gasteiger partial charge >= 0.3 is 5.25 Å². The van der Waals surface area contributed by atoms with E-state index in [-0.39, 0.29) is 12.0 Å². The highest BCUT2D eigenvalue weighted by Crippen LogP contribution is 2.64. The summed E-state index contributed by atoms with van der Waals surface area (Å²) < 4.78 is 30.4. The van der Waals surface area contributed by atoms with Crippen molar-refractivity contribution < 1.29 is 13.5 Å². The second kappa shape index (κ2) is 3.59. The zero-order valence-electron chi connectivity index (χ0n) is 9.59. The van der Waals surface area contributed by atoms with Crippen molar-refractivity contribution in [3.63, 3.8) is 0 Å². The number of halogens is 2. The highest BCUT2D eigenvalue weighted by atomic mass is 32.1. The van der Waals surface area contributed by atoms with Gasteiger partial charge in [-0.3, -0.25) is 5.41 Å². The van der Waals surface area contributed by atoms with Crippen molar-refractivity contribution in [1.82, 2.24) is 0 Å². The van der Waals surface area contributed by atoms with Gasteiger partial charge in [0.05, 0.1) is 6.61 Å². The van der Waals surface area contributed by atoms with Crippen molar-refractivity contribution in [3.8, 4) is 0 Å². The third-order valence-corrected chi connectivity index (χ3v) is 5.05. The number of rotatable bonds is 3. The molecule has 4 aliphatic rings. The first kappa shape index (κ1) is 11.8. The maximum atomic E-state index is 12.7. The molecule has 96 valence electrons. The summed E-state index contributed by atoms with van der Waals surface area (Å²) in [5, 5.41) is 3.71. The van der Waals surface area contributed by atoms with Gasteiger partial charge in [-0.05, 0) is 49.9 Å². The molecule has 0 aromatic heterocycles. The molecular weight excluding hydrogens is 244 g/mol. The highest BCUT2D eigenvalue weighted by Gasteiger charge is 2.56. The molecule has 4 fully saturated rings. The van der Waals surface area contributed by atoms with Gasteiger partial charge in [-0.1, -0.05) is 12.6 Å². The van der Waals surface area contributed by atoms with Crippen LogP contribution in [0.4, 0.5) is 8.78 Å². The molecule has 1 N–H and O–H groups in total. The first-order valence-electron chi connectivity index (χ1n) is 6.20. The fourth-order valence-electron chi connectivity index (χ4n) is 4.47. The Morgan fingerprint density at radius 3 is 2.35 bits per heavy atom. The zero-order valence-corrected chi connectivity index (χ0v) is 10.5. The van der Waals surface area contributed by atoms with Crippen LogP contribution in [-0.4, -0.2) is 17.8 Å². The number of ether oxygens (including phenoxy) is 1. The summed E-state index contributed by atoms with van der Waals surface area (Å²) in [7, 11) is 0. The van der Waals surface area contributed by atoms with Gasteiger partial charge in [-0.2, -0.15) is 8.78 Å². The quantitative estimate of drug-likeness (QED) is 0.456. The van der Waals surface area contributed by atoms with Crippen LogP contribution in [0.15, 0.2) is 0 Å². The second-order valence-electron chi connectivity index (χ2n) is 6.13. The average Bonchev–Trinajstić information content (AvgIpc) is 2.62. The Balaban J connectivity index is 1.62. The lowest BCUT2D eigenvalue weighted by Crippen LogP contribution is -2.35. The molecule has 5 heteroatoms. The summed E-state index contributed by atoms with van der Waals surface area (Å²) >= 11 is 3.06. The van der Waals surface area contributed by atoms with Gasteiger partial charge in [0.2, 0.25) is 0 Å². The van der Waals surface area contributed by atoms with Crippen molar-refractivity contribution in [2.45, 2.75) is 37.4 Å². The molecule has 0 aromatic rings. The molecular formula is C12H17F2NOS. The smallest absolute Gasteiger partial charge is 0.364 e. The maximum Gasteiger partial charge on any atom is 0.364 e.